The van der Waals surface area contributed by atoms with Crippen LogP contribution in [0.5, 0.6) is 0 Å². The number of hydrogen-bond acceptors (Lipinski definition) is 3. The van der Waals surface area contributed by atoms with Gasteiger partial charge in [-0.15, -0.1) is 0 Å². The molecule has 3 heteroatoms. The Morgan fingerprint density at radius 2 is 1.83 bits per heavy atom. The summed E-state index contributed by atoms with van der Waals surface area (Å²) in [6.07, 6.45) is 4.22. The molecular weight excluding hydrogens is 154 g/mol. The Balaban J connectivity index is 1.70. The van der Waals surface area contributed by atoms with Gasteiger partial charge in [0, 0.05) is 25.3 Å². The van der Waals surface area contributed by atoms with Crippen molar-refractivity contribution in [3.8, 4) is 0 Å². The molecule has 2 N–H and O–H groups in total. The fourth-order valence-corrected chi connectivity index (χ4v) is 1.84. The average molecular weight is 171 g/mol. The minimum absolute atomic E-state index is 0.0900. The van der Waals surface area contributed by atoms with Gasteiger partial charge < -0.3 is 15.2 Å². The van der Waals surface area contributed by atoms with Crippen molar-refractivity contribution in [3.05, 3.63) is 0 Å². The highest BCUT2D eigenvalue weighted by Gasteiger charge is 2.30. The van der Waals surface area contributed by atoms with Gasteiger partial charge in [-0.3, -0.25) is 0 Å². The van der Waals surface area contributed by atoms with Crippen LogP contribution < -0.4 is 5.32 Å². The SMILES string of the molecule is O[C@H]1CC[C@@H]1NC1CCOCC1. The Labute approximate surface area is 73.1 Å². The Kier molecular flexibility index (Phi) is 2.63. The molecular formula is C9H17NO2. The van der Waals surface area contributed by atoms with Gasteiger partial charge in [0.1, 0.15) is 0 Å². The van der Waals surface area contributed by atoms with Crippen LogP contribution in [-0.4, -0.2) is 36.5 Å². The van der Waals surface area contributed by atoms with Crippen LogP contribution in [0.2, 0.25) is 0 Å². The second kappa shape index (κ2) is 3.73. The van der Waals surface area contributed by atoms with Crippen molar-refractivity contribution < 1.29 is 9.84 Å². The molecule has 12 heavy (non-hydrogen) atoms. The summed E-state index contributed by atoms with van der Waals surface area (Å²) in [4.78, 5) is 0. The van der Waals surface area contributed by atoms with Crippen molar-refractivity contribution in [2.45, 2.75) is 43.9 Å². The monoisotopic (exact) mass is 171 g/mol. The quantitative estimate of drug-likeness (QED) is 0.627. The third-order valence-corrected chi connectivity index (χ3v) is 2.91. The molecule has 0 unspecified atom stereocenters. The molecule has 1 saturated carbocycles. The third kappa shape index (κ3) is 1.79. The molecule has 0 radical (unpaired) electrons. The number of hydrogen-bond donors (Lipinski definition) is 2. The maximum absolute atomic E-state index is 9.34. The molecule has 0 aromatic carbocycles. The molecule has 2 atom stereocenters. The molecule has 0 aromatic rings. The van der Waals surface area contributed by atoms with Gasteiger partial charge in [0.2, 0.25) is 0 Å². The van der Waals surface area contributed by atoms with E-state index in [1.807, 2.05) is 0 Å². The van der Waals surface area contributed by atoms with E-state index in [-0.39, 0.29) is 6.10 Å². The van der Waals surface area contributed by atoms with E-state index in [9.17, 15) is 5.11 Å². The van der Waals surface area contributed by atoms with E-state index in [4.69, 9.17) is 4.74 Å². The van der Waals surface area contributed by atoms with Gasteiger partial charge in [-0.05, 0) is 25.7 Å². The van der Waals surface area contributed by atoms with Crippen LogP contribution in [0, 0.1) is 0 Å². The zero-order valence-corrected chi connectivity index (χ0v) is 7.33. The Morgan fingerprint density at radius 3 is 2.33 bits per heavy atom. The first-order valence-electron chi connectivity index (χ1n) is 4.88. The highest BCUT2D eigenvalue weighted by molar-refractivity contribution is 4.89. The maximum atomic E-state index is 9.34. The van der Waals surface area contributed by atoms with E-state index >= 15 is 0 Å². The van der Waals surface area contributed by atoms with Crippen LogP contribution in [0.4, 0.5) is 0 Å². The van der Waals surface area contributed by atoms with E-state index in [1.54, 1.807) is 0 Å². The van der Waals surface area contributed by atoms with Crippen LogP contribution in [-0.2, 0) is 4.74 Å². The number of ether oxygens (including phenoxy) is 1. The van der Waals surface area contributed by atoms with Crippen molar-refractivity contribution in [1.82, 2.24) is 5.32 Å². The molecule has 70 valence electrons. The predicted octanol–water partition coefficient (Wildman–Crippen LogP) is 0.278. The Bertz CT molecular complexity index is 145. The summed E-state index contributed by atoms with van der Waals surface area (Å²) in [5, 5.41) is 12.8. The number of rotatable bonds is 2. The summed E-state index contributed by atoms with van der Waals surface area (Å²) in [5.41, 5.74) is 0. The van der Waals surface area contributed by atoms with Gasteiger partial charge in [-0.2, -0.15) is 0 Å². The molecule has 1 aliphatic heterocycles. The molecule has 2 rings (SSSR count). The lowest BCUT2D eigenvalue weighted by Crippen LogP contribution is -2.52. The van der Waals surface area contributed by atoms with Gasteiger partial charge in [-0.25, -0.2) is 0 Å². The van der Waals surface area contributed by atoms with Gasteiger partial charge in [0.25, 0.3) is 0 Å². The van der Waals surface area contributed by atoms with Crippen molar-refractivity contribution in [3.63, 3.8) is 0 Å². The molecule has 2 aliphatic rings. The summed E-state index contributed by atoms with van der Waals surface area (Å²) in [7, 11) is 0. The van der Waals surface area contributed by atoms with Crippen molar-refractivity contribution in [2.75, 3.05) is 13.2 Å². The maximum Gasteiger partial charge on any atom is 0.0693 e. The zero-order chi connectivity index (χ0) is 8.39. The topological polar surface area (TPSA) is 41.5 Å². The van der Waals surface area contributed by atoms with Gasteiger partial charge >= 0.3 is 0 Å². The minimum atomic E-state index is -0.0900. The number of aliphatic hydroxyl groups excluding tert-OH is 1. The first-order chi connectivity index (χ1) is 5.86. The first kappa shape index (κ1) is 8.48. The van der Waals surface area contributed by atoms with Crippen LogP contribution in [0.15, 0.2) is 0 Å². The fraction of sp³-hybridized carbons (Fsp3) is 1.00. The average Bonchev–Trinajstić information content (AvgIpc) is 2.14. The number of aliphatic hydroxyl groups is 1. The zero-order valence-electron chi connectivity index (χ0n) is 7.33. The lowest BCUT2D eigenvalue weighted by Gasteiger charge is -2.37. The molecule has 3 nitrogen and oxygen atoms in total. The fourth-order valence-electron chi connectivity index (χ4n) is 1.84. The highest BCUT2D eigenvalue weighted by atomic mass is 16.5. The number of nitrogens with one attached hydrogen (secondary N) is 1. The summed E-state index contributed by atoms with van der Waals surface area (Å²) in [6, 6.07) is 0.951. The van der Waals surface area contributed by atoms with E-state index < -0.39 is 0 Å². The largest absolute Gasteiger partial charge is 0.392 e. The van der Waals surface area contributed by atoms with E-state index in [0.717, 1.165) is 38.9 Å². The summed E-state index contributed by atoms with van der Waals surface area (Å²) in [5.74, 6) is 0. The normalized spacial score (nSPS) is 37.8. The van der Waals surface area contributed by atoms with Gasteiger partial charge in [0.05, 0.1) is 6.10 Å². The van der Waals surface area contributed by atoms with Crippen molar-refractivity contribution in [1.29, 1.82) is 0 Å². The Hall–Kier alpha value is -0.120. The van der Waals surface area contributed by atoms with E-state index in [2.05, 4.69) is 5.32 Å². The molecule has 2 fully saturated rings. The van der Waals surface area contributed by atoms with Crippen LogP contribution in [0.3, 0.4) is 0 Å². The van der Waals surface area contributed by atoms with Crippen molar-refractivity contribution in [2.24, 2.45) is 0 Å². The predicted molar refractivity (Wildman–Crippen MR) is 46.0 cm³/mol. The molecule has 0 aromatic heterocycles. The van der Waals surface area contributed by atoms with Crippen molar-refractivity contribution >= 4 is 0 Å². The van der Waals surface area contributed by atoms with Crippen LogP contribution in [0.25, 0.3) is 0 Å². The summed E-state index contributed by atoms with van der Waals surface area (Å²) >= 11 is 0. The standard InChI is InChI=1S/C9H17NO2/c11-9-2-1-8(9)10-7-3-5-12-6-4-7/h7-11H,1-6H2/t8-,9-/m0/s1. The smallest absolute Gasteiger partial charge is 0.0693 e. The molecule has 0 spiro atoms. The van der Waals surface area contributed by atoms with Gasteiger partial charge in [-0.1, -0.05) is 0 Å². The van der Waals surface area contributed by atoms with Crippen LogP contribution >= 0.6 is 0 Å². The van der Waals surface area contributed by atoms with E-state index in [0.29, 0.717) is 12.1 Å². The molecule has 0 amide bonds. The van der Waals surface area contributed by atoms with Gasteiger partial charge in [0.15, 0.2) is 0 Å². The highest BCUT2D eigenvalue weighted by Crippen LogP contribution is 2.21. The first-order valence-corrected chi connectivity index (χ1v) is 4.88. The summed E-state index contributed by atoms with van der Waals surface area (Å²) < 4.78 is 5.26. The molecule has 0 bridgehead atoms. The Morgan fingerprint density at radius 1 is 1.08 bits per heavy atom. The molecule has 1 aliphatic carbocycles. The summed E-state index contributed by atoms with van der Waals surface area (Å²) in [6.45, 7) is 1.75. The second-order valence-electron chi connectivity index (χ2n) is 3.80. The van der Waals surface area contributed by atoms with E-state index in [1.165, 1.54) is 0 Å². The second-order valence-corrected chi connectivity index (χ2v) is 3.80. The third-order valence-electron chi connectivity index (χ3n) is 2.91. The lowest BCUT2D eigenvalue weighted by molar-refractivity contribution is 0.0235. The molecule has 1 heterocycles. The lowest BCUT2D eigenvalue weighted by atomic mass is 9.88. The minimum Gasteiger partial charge on any atom is -0.392 e. The van der Waals surface area contributed by atoms with Crippen LogP contribution in [0.1, 0.15) is 25.7 Å². The molecule has 1 saturated heterocycles.